The number of nitriles is 1. The number of nitrogens with zero attached hydrogens (tertiary/aromatic N) is 1. The minimum absolute atomic E-state index is 0.0217. The van der Waals surface area contributed by atoms with Crippen LogP contribution in [0.25, 0.3) is 0 Å². The third-order valence-corrected chi connectivity index (χ3v) is 4.03. The molecular weight excluding hydrogens is 311 g/mol. The van der Waals surface area contributed by atoms with Crippen LogP contribution < -0.4 is 4.72 Å². The largest absolute Gasteiger partial charge is 0.240 e. The monoisotopic (exact) mass is 320 g/mol. The topological polar surface area (TPSA) is 70.0 Å². The second-order valence-corrected chi connectivity index (χ2v) is 6.08. The number of sulfonamides is 1. The molecular formula is C10H10BrFN2O2S. The first-order chi connectivity index (χ1) is 7.86. The summed E-state index contributed by atoms with van der Waals surface area (Å²) in [5.74, 6) is -0.956. The molecule has 0 aliphatic rings. The first-order valence-corrected chi connectivity index (χ1v) is 6.99. The van der Waals surface area contributed by atoms with Gasteiger partial charge in [0.15, 0.2) is 0 Å². The summed E-state index contributed by atoms with van der Waals surface area (Å²) in [7, 11) is -3.70. The molecule has 0 bridgehead atoms. The van der Waals surface area contributed by atoms with Gasteiger partial charge >= 0.3 is 0 Å². The highest BCUT2D eigenvalue weighted by atomic mass is 79.9. The lowest BCUT2D eigenvalue weighted by Gasteiger charge is -2.08. The fourth-order valence-corrected chi connectivity index (χ4v) is 2.69. The molecule has 0 saturated carbocycles. The van der Waals surface area contributed by atoms with E-state index in [0.29, 0.717) is 0 Å². The summed E-state index contributed by atoms with van der Waals surface area (Å²) in [4.78, 5) is -0.0454. The average molecular weight is 321 g/mol. The maximum Gasteiger partial charge on any atom is 0.240 e. The van der Waals surface area contributed by atoms with Crippen molar-refractivity contribution in [1.82, 2.24) is 4.72 Å². The molecule has 1 unspecified atom stereocenters. The standard InChI is InChI=1S/C10H10BrFN2O2S/c1-7(5-13)6-14-17(15,16)8-2-3-10(12)9(11)4-8/h2-4,7,14H,6H2,1H3. The van der Waals surface area contributed by atoms with Crippen LogP contribution in [-0.2, 0) is 10.0 Å². The summed E-state index contributed by atoms with van der Waals surface area (Å²) in [5.41, 5.74) is 0. The lowest BCUT2D eigenvalue weighted by atomic mass is 10.2. The Morgan fingerprint density at radius 2 is 2.24 bits per heavy atom. The minimum Gasteiger partial charge on any atom is -0.210 e. The van der Waals surface area contributed by atoms with E-state index in [-0.39, 0.29) is 15.9 Å². The van der Waals surface area contributed by atoms with E-state index >= 15 is 0 Å². The van der Waals surface area contributed by atoms with Gasteiger partial charge in [-0.3, -0.25) is 0 Å². The van der Waals surface area contributed by atoms with Gasteiger partial charge in [0.05, 0.1) is 21.4 Å². The van der Waals surface area contributed by atoms with Gasteiger partial charge < -0.3 is 0 Å². The molecule has 0 radical (unpaired) electrons. The van der Waals surface area contributed by atoms with Crippen LogP contribution >= 0.6 is 15.9 Å². The van der Waals surface area contributed by atoms with E-state index in [1.54, 1.807) is 6.92 Å². The second kappa shape index (κ2) is 5.58. The van der Waals surface area contributed by atoms with Crippen molar-refractivity contribution in [2.75, 3.05) is 6.54 Å². The van der Waals surface area contributed by atoms with Crippen molar-refractivity contribution in [3.05, 3.63) is 28.5 Å². The van der Waals surface area contributed by atoms with Crippen LogP contribution in [0, 0.1) is 23.1 Å². The van der Waals surface area contributed by atoms with Gasteiger partial charge in [-0.15, -0.1) is 0 Å². The Bertz CT molecular complexity index is 554. The van der Waals surface area contributed by atoms with E-state index in [2.05, 4.69) is 20.7 Å². The molecule has 1 rings (SSSR count). The first-order valence-electron chi connectivity index (χ1n) is 4.71. The van der Waals surface area contributed by atoms with E-state index in [9.17, 15) is 12.8 Å². The highest BCUT2D eigenvalue weighted by Gasteiger charge is 2.16. The number of hydrogen-bond acceptors (Lipinski definition) is 3. The van der Waals surface area contributed by atoms with Crippen molar-refractivity contribution >= 4 is 26.0 Å². The van der Waals surface area contributed by atoms with Gasteiger partial charge in [-0.1, -0.05) is 0 Å². The molecule has 0 amide bonds. The number of benzene rings is 1. The number of nitrogens with one attached hydrogen (secondary N) is 1. The Labute approximate surface area is 108 Å². The van der Waals surface area contributed by atoms with Gasteiger partial charge in [-0.2, -0.15) is 5.26 Å². The van der Waals surface area contributed by atoms with Crippen LogP contribution in [0.15, 0.2) is 27.6 Å². The van der Waals surface area contributed by atoms with Gasteiger partial charge in [-0.25, -0.2) is 17.5 Å². The zero-order valence-corrected chi connectivity index (χ0v) is 11.3. The van der Waals surface area contributed by atoms with Crippen LogP contribution in [-0.4, -0.2) is 15.0 Å². The molecule has 0 fully saturated rings. The molecule has 1 atom stereocenters. The number of rotatable bonds is 4. The van der Waals surface area contributed by atoms with Crippen LogP contribution in [0.4, 0.5) is 4.39 Å². The highest BCUT2D eigenvalue weighted by Crippen LogP contribution is 2.19. The Morgan fingerprint density at radius 1 is 1.59 bits per heavy atom. The molecule has 0 aliphatic carbocycles. The van der Waals surface area contributed by atoms with E-state index in [1.807, 2.05) is 6.07 Å². The van der Waals surface area contributed by atoms with Crippen LogP contribution in [0.1, 0.15) is 6.92 Å². The summed E-state index contributed by atoms with van der Waals surface area (Å²) < 4.78 is 38.8. The summed E-state index contributed by atoms with van der Waals surface area (Å²) >= 11 is 2.91. The first kappa shape index (κ1) is 14.1. The average Bonchev–Trinajstić information content (AvgIpc) is 2.29. The van der Waals surface area contributed by atoms with Crippen molar-refractivity contribution in [3.63, 3.8) is 0 Å². The summed E-state index contributed by atoms with van der Waals surface area (Å²) in [6.45, 7) is 1.62. The summed E-state index contributed by atoms with van der Waals surface area (Å²) in [5, 5.41) is 8.54. The molecule has 92 valence electrons. The zero-order chi connectivity index (χ0) is 13.1. The van der Waals surface area contributed by atoms with Gasteiger partial charge in [0.2, 0.25) is 10.0 Å². The summed E-state index contributed by atoms with van der Waals surface area (Å²) in [6, 6.07) is 5.32. The van der Waals surface area contributed by atoms with E-state index < -0.39 is 21.8 Å². The van der Waals surface area contributed by atoms with E-state index in [1.165, 1.54) is 12.1 Å². The fourth-order valence-electron chi connectivity index (χ4n) is 1.01. The van der Waals surface area contributed by atoms with Crippen molar-refractivity contribution in [3.8, 4) is 6.07 Å². The van der Waals surface area contributed by atoms with Crippen molar-refractivity contribution in [1.29, 1.82) is 5.26 Å². The normalized spacial score (nSPS) is 13.1. The minimum atomic E-state index is -3.70. The fraction of sp³-hybridized carbons (Fsp3) is 0.300. The van der Waals surface area contributed by atoms with Crippen LogP contribution in [0.3, 0.4) is 0 Å². The summed E-state index contributed by atoms with van der Waals surface area (Å²) in [6.07, 6.45) is 0. The van der Waals surface area contributed by atoms with Crippen molar-refractivity contribution in [2.24, 2.45) is 5.92 Å². The third-order valence-electron chi connectivity index (χ3n) is 2.00. The lowest BCUT2D eigenvalue weighted by molar-refractivity contribution is 0.571. The Kier molecular flexibility index (Phi) is 4.62. The second-order valence-electron chi connectivity index (χ2n) is 3.46. The van der Waals surface area contributed by atoms with Crippen LogP contribution in [0.5, 0.6) is 0 Å². The van der Waals surface area contributed by atoms with Gasteiger partial charge in [0, 0.05) is 6.54 Å². The van der Waals surface area contributed by atoms with Gasteiger partial charge in [0.1, 0.15) is 5.82 Å². The molecule has 1 N–H and O–H groups in total. The maximum atomic E-state index is 13.0. The molecule has 0 spiro atoms. The molecule has 1 aromatic carbocycles. The molecule has 0 aromatic heterocycles. The zero-order valence-electron chi connectivity index (χ0n) is 8.94. The number of hydrogen-bond donors (Lipinski definition) is 1. The Balaban J connectivity index is 2.91. The van der Waals surface area contributed by atoms with Gasteiger partial charge in [-0.05, 0) is 41.1 Å². The molecule has 0 saturated heterocycles. The smallest absolute Gasteiger partial charge is 0.210 e. The van der Waals surface area contributed by atoms with E-state index in [4.69, 9.17) is 5.26 Å². The Hall–Kier alpha value is -0.970. The lowest BCUT2D eigenvalue weighted by Crippen LogP contribution is -2.28. The van der Waals surface area contributed by atoms with Gasteiger partial charge in [0.25, 0.3) is 0 Å². The predicted octanol–water partition coefficient (Wildman–Crippen LogP) is 2.03. The molecule has 7 heteroatoms. The molecule has 4 nitrogen and oxygen atoms in total. The highest BCUT2D eigenvalue weighted by molar-refractivity contribution is 9.10. The molecule has 17 heavy (non-hydrogen) atoms. The molecule has 0 aliphatic heterocycles. The number of halogens is 2. The molecule has 0 heterocycles. The maximum absolute atomic E-state index is 13.0. The van der Waals surface area contributed by atoms with Crippen molar-refractivity contribution in [2.45, 2.75) is 11.8 Å². The quantitative estimate of drug-likeness (QED) is 0.922. The Morgan fingerprint density at radius 3 is 2.76 bits per heavy atom. The predicted molar refractivity (Wildman–Crippen MR) is 64.1 cm³/mol. The third kappa shape index (κ3) is 3.77. The SMILES string of the molecule is CC(C#N)CNS(=O)(=O)c1ccc(F)c(Br)c1. The van der Waals surface area contributed by atoms with Crippen molar-refractivity contribution < 1.29 is 12.8 Å². The van der Waals surface area contributed by atoms with Crippen LogP contribution in [0.2, 0.25) is 0 Å². The van der Waals surface area contributed by atoms with E-state index in [0.717, 1.165) is 6.07 Å². The molecule has 1 aromatic rings.